The molecule has 8 heavy (non-hydrogen) atoms. The Morgan fingerprint density at radius 3 is 2.88 bits per heavy atom. The van der Waals surface area contributed by atoms with Crippen LogP contribution in [0.5, 0.6) is 0 Å². The minimum absolute atomic E-state index is 0.835. The predicted octanol–water partition coefficient (Wildman–Crippen LogP) is 1.26. The fourth-order valence-corrected chi connectivity index (χ4v) is 0.718. The third-order valence-corrected chi connectivity index (χ3v) is 1.18. The molecule has 0 aliphatic rings. The molecule has 0 aromatic carbocycles. The van der Waals surface area contributed by atoms with Crippen LogP contribution in [0.1, 0.15) is 12.7 Å². The van der Waals surface area contributed by atoms with E-state index in [2.05, 4.69) is 22.6 Å². The third-order valence-electron chi connectivity index (χ3n) is 0.950. The van der Waals surface area contributed by atoms with Gasteiger partial charge in [0.05, 0.1) is 11.2 Å². The Morgan fingerprint density at radius 1 is 1.88 bits per heavy atom. The van der Waals surface area contributed by atoms with Crippen LogP contribution in [0, 0.1) is 0 Å². The zero-order valence-corrected chi connectivity index (χ0v) is 5.57. The van der Waals surface area contributed by atoms with Crippen molar-refractivity contribution >= 4 is 12.6 Å². The number of hydrogen-bond acceptors (Lipinski definition) is 2. The second-order valence-corrected chi connectivity index (χ2v) is 2.05. The Kier molecular flexibility index (Phi) is 1.58. The monoisotopic (exact) mass is 128 g/mol. The molecule has 0 unspecified atom stereocenters. The summed E-state index contributed by atoms with van der Waals surface area (Å²) in [5.41, 5.74) is 0. The predicted molar refractivity (Wildman–Crippen MR) is 35.2 cm³/mol. The van der Waals surface area contributed by atoms with E-state index in [4.69, 9.17) is 0 Å². The fourth-order valence-electron chi connectivity index (χ4n) is 0.531. The van der Waals surface area contributed by atoms with Crippen molar-refractivity contribution in [2.75, 3.05) is 0 Å². The van der Waals surface area contributed by atoms with Crippen molar-refractivity contribution in [1.29, 1.82) is 0 Å². The molecule has 0 aliphatic carbocycles. The van der Waals surface area contributed by atoms with Crippen LogP contribution in [0.15, 0.2) is 11.2 Å². The molecule has 1 aromatic heterocycles. The summed E-state index contributed by atoms with van der Waals surface area (Å²) in [7, 11) is 0. The maximum atomic E-state index is 4.04. The molecule has 0 saturated heterocycles. The zero-order chi connectivity index (χ0) is 5.98. The highest BCUT2D eigenvalue weighted by atomic mass is 32.1. The lowest BCUT2D eigenvalue weighted by Crippen LogP contribution is -1.79. The van der Waals surface area contributed by atoms with Gasteiger partial charge in [-0.2, -0.15) is 0 Å². The number of nitrogens with zero attached hydrogens (tertiary/aromatic N) is 1. The number of aryl methyl sites for hydroxylation is 1. The van der Waals surface area contributed by atoms with Crippen LogP contribution in [0.2, 0.25) is 0 Å². The van der Waals surface area contributed by atoms with E-state index in [1.807, 2.05) is 6.92 Å². The normalized spacial score (nSPS) is 9.75. The van der Waals surface area contributed by atoms with Gasteiger partial charge in [0.1, 0.15) is 5.82 Å². The summed E-state index contributed by atoms with van der Waals surface area (Å²) < 4.78 is 0. The molecule has 0 fully saturated rings. The number of rotatable bonds is 1. The van der Waals surface area contributed by atoms with Crippen LogP contribution < -0.4 is 0 Å². The van der Waals surface area contributed by atoms with Gasteiger partial charge in [-0.25, -0.2) is 4.98 Å². The molecule has 1 rings (SSSR count). The van der Waals surface area contributed by atoms with Crippen molar-refractivity contribution < 1.29 is 0 Å². The van der Waals surface area contributed by atoms with Crippen molar-refractivity contribution in [3.63, 3.8) is 0 Å². The van der Waals surface area contributed by atoms with E-state index in [-0.39, 0.29) is 0 Å². The molecule has 44 valence electrons. The van der Waals surface area contributed by atoms with Gasteiger partial charge >= 0.3 is 0 Å². The Bertz CT molecular complexity index is 171. The van der Waals surface area contributed by atoms with Crippen molar-refractivity contribution in [3.05, 3.63) is 12.0 Å². The molecule has 2 nitrogen and oxygen atoms in total. The summed E-state index contributed by atoms with van der Waals surface area (Å²) in [4.78, 5) is 6.98. The van der Waals surface area contributed by atoms with Gasteiger partial charge in [-0.05, 0) is 0 Å². The quantitative estimate of drug-likeness (QED) is 0.548. The van der Waals surface area contributed by atoms with E-state index in [9.17, 15) is 0 Å². The van der Waals surface area contributed by atoms with Crippen molar-refractivity contribution in [2.24, 2.45) is 0 Å². The first-order chi connectivity index (χ1) is 3.83. The molecule has 0 radical (unpaired) electrons. The number of H-pyrrole nitrogens is 1. The van der Waals surface area contributed by atoms with Crippen LogP contribution in [0.3, 0.4) is 0 Å². The minimum atomic E-state index is 0.835. The molecule has 0 saturated carbocycles. The van der Waals surface area contributed by atoms with E-state index in [0.717, 1.165) is 17.3 Å². The Hall–Kier alpha value is -0.440. The molecule has 1 heterocycles. The first-order valence-electron chi connectivity index (χ1n) is 2.55. The fraction of sp³-hybridized carbons (Fsp3) is 0.400. The number of hydrogen-bond donors (Lipinski definition) is 2. The first kappa shape index (κ1) is 5.69. The van der Waals surface area contributed by atoms with Crippen LogP contribution >= 0.6 is 12.6 Å². The van der Waals surface area contributed by atoms with Crippen molar-refractivity contribution in [2.45, 2.75) is 18.4 Å². The SMILES string of the molecule is CCc1ncc(S)[nH]1. The number of imidazole rings is 1. The van der Waals surface area contributed by atoms with Gasteiger partial charge in [-0.1, -0.05) is 6.92 Å². The van der Waals surface area contributed by atoms with E-state index in [0.29, 0.717) is 0 Å². The maximum absolute atomic E-state index is 4.04. The molecular formula is C5H8N2S. The number of aromatic amines is 1. The summed E-state index contributed by atoms with van der Waals surface area (Å²) in [6, 6.07) is 0. The second-order valence-electron chi connectivity index (χ2n) is 1.57. The van der Waals surface area contributed by atoms with Crippen molar-refractivity contribution in [3.8, 4) is 0 Å². The lowest BCUT2D eigenvalue weighted by atomic mass is 10.5. The topological polar surface area (TPSA) is 28.7 Å². The summed E-state index contributed by atoms with van der Waals surface area (Å²) in [6.45, 7) is 2.05. The summed E-state index contributed by atoms with van der Waals surface area (Å²) in [5.74, 6) is 0.995. The number of nitrogens with one attached hydrogen (secondary N) is 1. The summed E-state index contributed by atoms with van der Waals surface area (Å²) >= 11 is 4.04. The van der Waals surface area contributed by atoms with Gasteiger partial charge < -0.3 is 4.98 Å². The molecule has 1 aromatic rings. The van der Waals surface area contributed by atoms with Gasteiger partial charge in [-0.15, -0.1) is 12.6 Å². The van der Waals surface area contributed by atoms with Crippen molar-refractivity contribution in [1.82, 2.24) is 9.97 Å². The highest BCUT2D eigenvalue weighted by Gasteiger charge is 1.90. The smallest absolute Gasteiger partial charge is 0.106 e. The lowest BCUT2D eigenvalue weighted by molar-refractivity contribution is 0.972. The molecule has 0 bridgehead atoms. The standard InChI is InChI=1S/C5H8N2S/c1-2-4-6-3-5(8)7-4/h3,8H,2H2,1H3,(H,6,7). The largest absolute Gasteiger partial charge is 0.337 e. The zero-order valence-electron chi connectivity index (χ0n) is 4.68. The molecular weight excluding hydrogens is 120 g/mol. The molecule has 0 aliphatic heterocycles. The van der Waals surface area contributed by atoms with Gasteiger partial charge in [0, 0.05) is 6.42 Å². The van der Waals surface area contributed by atoms with Crippen LogP contribution in [0.25, 0.3) is 0 Å². The Balaban J connectivity index is 2.84. The minimum Gasteiger partial charge on any atom is -0.337 e. The van der Waals surface area contributed by atoms with E-state index in [1.165, 1.54) is 0 Å². The van der Waals surface area contributed by atoms with Crippen LogP contribution in [-0.4, -0.2) is 9.97 Å². The van der Waals surface area contributed by atoms with Crippen LogP contribution in [-0.2, 0) is 6.42 Å². The van der Waals surface area contributed by atoms with E-state index >= 15 is 0 Å². The highest BCUT2D eigenvalue weighted by molar-refractivity contribution is 7.80. The van der Waals surface area contributed by atoms with Gasteiger partial charge in [0.2, 0.25) is 0 Å². The second kappa shape index (κ2) is 2.22. The molecule has 0 amide bonds. The number of aromatic nitrogens is 2. The summed E-state index contributed by atoms with van der Waals surface area (Å²) in [5, 5.41) is 0.835. The van der Waals surface area contributed by atoms with E-state index < -0.39 is 0 Å². The lowest BCUT2D eigenvalue weighted by Gasteiger charge is -1.81. The molecule has 3 heteroatoms. The van der Waals surface area contributed by atoms with Gasteiger partial charge in [0.15, 0.2) is 0 Å². The average molecular weight is 128 g/mol. The van der Waals surface area contributed by atoms with Gasteiger partial charge in [-0.3, -0.25) is 0 Å². The highest BCUT2D eigenvalue weighted by Crippen LogP contribution is 2.00. The maximum Gasteiger partial charge on any atom is 0.106 e. The van der Waals surface area contributed by atoms with Crippen LogP contribution in [0.4, 0.5) is 0 Å². The Morgan fingerprint density at radius 2 is 2.62 bits per heavy atom. The average Bonchev–Trinajstić information content (AvgIpc) is 2.14. The molecule has 0 spiro atoms. The molecule has 0 atom stereocenters. The first-order valence-corrected chi connectivity index (χ1v) is 3.00. The van der Waals surface area contributed by atoms with E-state index in [1.54, 1.807) is 6.20 Å². The molecule has 1 N–H and O–H groups in total. The third kappa shape index (κ3) is 1.04. The number of thiol groups is 1. The Labute approximate surface area is 53.7 Å². The summed E-state index contributed by atoms with van der Waals surface area (Å²) in [6.07, 6.45) is 2.66. The van der Waals surface area contributed by atoms with Gasteiger partial charge in [0.25, 0.3) is 0 Å².